The summed E-state index contributed by atoms with van der Waals surface area (Å²) in [6.45, 7) is 6.92. The summed E-state index contributed by atoms with van der Waals surface area (Å²) in [4.78, 5) is 0. The summed E-state index contributed by atoms with van der Waals surface area (Å²) in [7, 11) is 0. The highest BCUT2D eigenvalue weighted by atomic mass is 14.1. The number of unbranched alkanes of at least 4 members (excludes halogenated alkanes) is 5. The van der Waals surface area contributed by atoms with Gasteiger partial charge in [0.15, 0.2) is 0 Å². The number of aryl methyl sites for hydroxylation is 1. The van der Waals surface area contributed by atoms with E-state index in [2.05, 4.69) is 45.0 Å². The minimum absolute atomic E-state index is 0.723. The highest BCUT2D eigenvalue weighted by Crippen LogP contribution is 2.22. The molecule has 1 rings (SSSR count). The van der Waals surface area contributed by atoms with E-state index < -0.39 is 0 Å². The zero-order valence-corrected chi connectivity index (χ0v) is 13.3. The van der Waals surface area contributed by atoms with Gasteiger partial charge in [-0.25, -0.2) is 0 Å². The lowest BCUT2D eigenvalue weighted by Gasteiger charge is -2.12. The van der Waals surface area contributed by atoms with Crippen LogP contribution in [0.4, 0.5) is 0 Å². The molecule has 108 valence electrons. The summed E-state index contributed by atoms with van der Waals surface area (Å²) in [5.41, 5.74) is 3.04. The Hall–Kier alpha value is -0.780. The molecule has 0 aliphatic rings. The van der Waals surface area contributed by atoms with Crippen molar-refractivity contribution in [1.82, 2.24) is 0 Å². The Morgan fingerprint density at radius 3 is 2.05 bits per heavy atom. The Bertz CT molecular complexity index is 309. The van der Waals surface area contributed by atoms with Gasteiger partial charge >= 0.3 is 0 Å². The quantitative estimate of drug-likeness (QED) is 0.422. The van der Waals surface area contributed by atoms with Crippen LogP contribution in [0.1, 0.15) is 89.2 Å². The van der Waals surface area contributed by atoms with E-state index in [0.717, 1.165) is 5.92 Å². The third kappa shape index (κ3) is 6.80. The van der Waals surface area contributed by atoms with Crippen LogP contribution in [0.2, 0.25) is 0 Å². The largest absolute Gasteiger partial charge is 0.0654 e. The van der Waals surface area contributed by atoms with Crippen molar-refractivity contribution in [2.75, 3.05) is 0 Å². The second-order valence-electron chi connectivity index (χ2n) is 5.95. The van der Waals surface area contributed by atoms with Gasteiger partial charge in [-0.15, -0.1) is 0 Å². The summed E-state index contributed by atoms with van der Waals surface area (Å²) in [6, 6.07) is 9.40. The van der Waals surface area contributed by atoms with Crippen molar-refractivity contribution in [3.05, 3.63) is 35.4 Å². The van der Waals surface area contributed by atoms with Crippen molar-refractivity contribution in [3.8, 4) is 0 Å². The van der Waals surface area contributed by atoms with Gasteiger partial charge in [0.2, 0.25) is 0 Å². The Morgan fingerprint density at radius 1 is 0.789 bits per heavy atom. The summed E-state index contributed by atoms with van der Waals surface area (Å²) < 4.78 is 0. The third-order valence-corrected chi connectivity index (χ3v) is 4.11. The lowest BCUT2D eigenvalue weighted by Crippen LogP contribution is -1.94. The average molecular weight is 260 g/mol. The molecule has 0 fully saturated rings. The van der Waals surface area contributed by atoms with Gasteiger partial charge in [-0.1, -0.05) is 83.6 Å². The maximum Gasteiger partial charge on any atom is -0.0190 e. The smallest absolute Gasteiger partial charge is 0.0190 e. The van der Waals surface area contributed by atoms with Gasteiger partial charge in [-0.05, 0) is 36.3 Å². The summed E-state index contributed by atoms with van der Waals surface area (Å²) in [5.74, 6) is 0.723. The first-order valence-corrected chi connectivity index (χ1v) is 8.36. The molecule has 19 heavy (non-hydrogen) atoms. The van der Waals surface area contributed by atoms with Crippen LogP contribution in [0.5, 0.6) is 0 Å². The van der Waals surface area contributed by atoms with Crippen LogP contribution in [0.25, 0.3) is 0 Å². The number of rotatable bonds is 10. The molecule has 0 aliphatic heterocycles. The zero-order chi connectivity index (χ0) is 13.9. The lowest BCUT2D eigenvalue weighted by atomic mass is 9.93. The van der Waals surface area contributed by atoms with Crippen molar-refractivity contribution < 1.29 is 0 Å². The molecule has 1 unspecified atom stereocenters. The maximum absolute atomic E-state index is 2.37. The molecule has 0 radical (unpaired) electrons. The highest BCUT2D eigenvalue weighted by Gasteiger charge is 2.04. The molecule has 1 aromatic carbocycles. The first-order chi connectivity index (χ1) is 9.27. The second-order valence-corrected chi connectivity index (χ2v) is 5.95. The van der Waals surface area contributed by atoms with E-state index in [-0.39, 0.29) is 0 Å². The molecular weight excluding hydrogens is 228 g/mol. The second kappa shape index (κ2) is 10.1. The van der Waals surface area contributed by atoms with Crippen LogP contribution in [0.15, 0.2) is 24.3 Å². The van der Waals surface area contributed by atoms with Crippen LogP contribution in [-0.4, -0.2) is 0 Å². The van der Waals surface area contributed by atoms with Gasteiger partial charge < -0.3 is 0 Å². The van der Waals surface area contributed by atoms with E-state index in [4.69, 9.17) is 0 Å². The summed E-state index contributed by atoms with van der Waals surface area (Å²) >= 11 is 0. The molecule has 0 bridgehead atoms. The Kier molecular flexibility index (Phi) is 8.62. The number of hydrogen-bond acceptors (Lipinski definition) is 0. The topological polar surface area (TPSA) is 0 Å². The fraction of sp³-hybridized carbons (Fsp3) is 0.684. The van der Waals surface area contributed by atoms with Crippen molar-refractivity contribution in [3.63, 3.8) is 0 Å². The first-order valence-electron chi connectivity index (χ1n) is 8.36. The molecule has 0 saturated carbocycles. The molecule has 0 aromatic heterocycles. The van der Waals surface area contributed by atoms with Gasteiger partial charge in [0.05, 0.1) is 0 Å². The van der Waals surface area contributed by atoms with Crippen LogP contribution in [0, 0.1) is 0 Å². The van der Waals surface area contributed by atoms with E-state index in [1.165, 1.54) is 68.9 Å². The van der Waals surface area contributed by atoms with Gasteiger partial charge in [-0.2, -0.15) is 0 Å². The molecular formula is C19H32. The van der Waals surface area contributed by atoms with Crippen molar-refractivity contribution >= 4 is 0 Å². The summed E-state index contributed by atoms with van der Waals surface area (Å²) in [5, 5.41) is 0. The molecule has 0 heterocycles. The van der Waals surface area contributed by atoms with E-state index in [9.17, 15) is 0 Å². The molecule has 1 aromatic rings. The van der Waals surface area contributed by atoms with Crippen molar-refractivity contribution in [1.29, 1.82) is 0 Å². The minimum atomic E-state index is 0.723. The maximum atomic E-state index is 2.37. The van der Waals surface area contributed by atoms with Crippen molar-refractivity contribution in [2.45, 2.75) is 84.5 Å². The van der Waals surface area contributed by atoms with E-state index in [1.807, 2.05) is 0 Å². The molecule has 0 aliphatic carbocycles. The van der Waals surface area contributed by atoms with Gasteiger partial charge in [0.25, 0.3) is 0 Å². The molecule has 0 N–H and O–H groups in total. The average Bonchev–Trinajstić information content (AvgIpc) is 2.44. The normalized spacial score (nSPS) is 12.6. The summed E-state index contributed by atoms with van der Waals surface area (Å²) in [6.07, 6.45) is 12.1. The first kappa shape index (κ1) is 16.3. The SMILES string of the molecule is CCCCCCc1ccc(C(C)CCCCC)cc1. The highest BCUT2D eigenvalue weighted by molar-refractivity contribution is 5.25. The number of benzene rings is 1. The standard InChI is InChI=1S/C19H32/c1-4-6-8-10-12-18-13-15-19(16-14-18)17(3)11-9-7-5-2/h13-17H,4-12H2,1-3H3. The predicted octanol–water partition coefficient (Wildman–Crippen LogP) is 6.49. The van der Waals surface area contributed by atoms with Crippen molar-refractivity contribution in [2.24, 2.45) is 0 Å². The molecule has 0 spiro atoms. The minimum Gasteiger partial charge on any atom is -0.0654 e. The van der Waals surface area contributed by atoms with Crippen LogP contribution in [0.3, 0.4) is 0 Å². The molecule has 0 amide bonds. The van der Waals surface area contributed by atoms with Gasteiger partial charge in [-0.3, -0.25) is 0 Å². The third-order valence-electron chi connectivity index (χ3n) is 4.11. The Balaban J connectivity index is 2.33. The van der Waals surface area contributed by atoms with E-state index in [1.54, 1.807) is 0 Å². The fourth-order valence-corrected chi connectivity index (χ4v) is 2.64. The fourth-order valence-electron chi connectivity index (χ4n) is 2.64. The van der Waals surface area contributed by atoms with Crippen LogP contribution < -0.4 is 0 Å². The Morgan fingerprint density at radius 2 is 1.42 bits per heavy atom. The molecule has 0 heteroatoms. The molecule has 1 atom stereocenters. The number of hydrogen-bond donors (Lipinski definition) is 0. The molecule has 0 saturated heterocycles. The van der Waals surface area contributed by atoms with E-state index in [0.29, 0.717) is 0 Å². The monoisotopic (exact) mass is 260 g/mol. The predicted molar refractivity (Wildman–Crippen MR) is 86.8 cm³/mol. The van der Waals surface area contributed by atoms with Gasteiger partial charge in [0, 0.05) is 0 Å². The zero-order valence-electron chi connectivity index (χ0n) is 13.3. The Labute approximate surface area is 120 Å². The van der Waals surface area contributed by atoms with Crippen LogP contribution in [-0.2, 0) is 6.42 Å². The molecule has 0 nitrogen and oxygen atoms in total. The van der Waals surface area contributed by atoms with Gasteiger partial charge in [0.1, 0.15) is 0 Å². The lowest BCUT2D eigenvalue weighted by molar-refractivity contribution is 0.598. The van der Waals surface area contributed by atoms with Crippen LogP contribution >= 0.6 is 0 Å². The van der Waals surface area contributed by atoms with E-state index >= 15 is 0 Å².